The first-order valence-corrected chi connectivity index (χ1v) is 6.20. The molecule has 0 spiro atoms. The average molecular weight is 359 g/mol. The lowest BCUT2D eigenvalue weighted by atomic mass is 10.2. The van der Waals surface area contributed by atoms with Crippen molar-refractivity contribution in [3.8, 4) is 6.07 Å². The van der Waals surface area contributed by atoms with E-state index in [9.17, 15) is 0 Å². The summed E-state index contributed by atoms with van der Waals surface area (Å²) in [5.74, 6) is 13.3. The number of hydrazone groups is 1. The molecule has 136 valence electrons. The normalized spacial score (nSPS) is 12.8. The van der Waals surface area contributed by atoms with E-state index in [4.69, 9.17) is 43.6 Å². The highest BCUT2D eigenvalue weighted by molar-refractivity contribution is 5.96. The second-order valence-corrected chi connectivity index (χ2v) is 3.96. The zero-order valence-corrected chi connectivity index (χ0v) is 12.6. The van der Waals surface area contributed by atoms with Crippen molar-refractivity contribution in [2.75, 3.05) is 0 Å². The van der Waals surface area contributed by atoms with E-state index in [0.717, 1.165) is 11.1 Å². The number of nitrogens with zero attached hydrogens (tertiary/aromatic N) is 4. The van der Waals surface area contributed by atoms with Crippen molar-refractivity contribution in [3.63, 3.8) is 0 Å². The predicted octanol–water partition coefficient (Wildman–Crippen LogP) is 2.51. The van der Waals surface area contributed by atoms with Crippen LogP contribution in [0.1, 0.15) is 50.7 Å². The van der Waals surface area contributed by atoms with Gasteiger partial charge in [0.15, 0.2) is 5.84 Å². The molecule has 0 bridgehead atoms. The maximum absolute atomic E-state index is 8.41. The van der Waals surface area contributed by atoms with Gasteiger partial charge in [-0.25, -0.2) is 4.98 Å². The molecule has 8 heteroatoms. The fraction of sp³-hybridized carbons (Fsp3) is 0.143. The van der Waals surface area contributed by atoms with E-state index in [0.29, 0.717) is 11.4 Å². The molecule has 0 atom stereocenters. The Balaban J connectivity index is -0.0000000301. The topological polar surface area (TPSA) is 166 Å². The minimum atomic E-state index is 0. The highest BCUT2D eigenvalue weighted by atomic mass is 15.2. The summed E-state index contributed by atoms with van der Waals surface area (Å²) in [5.41, 5.74) is 8.52. The monoisotopic (exact) mass is 358 g/mol. The van der Waals surface area contributed by atoms with Crippen LogP contribution >= 0.6 is 0 Å². The third-order valence-corrected chi connectivity index (χ3v) is 2.51. The number of pyridine rings is 2. The molecule has 8 nitrogen and oxygen atoms in total. The van der Waals surface area contributed by atoms with Gasteiger partial charge in [-0.05, 0) is 37.1 Å². The van der Waals surface area contributed by atoms with Gasteiger partial charge in [-0.2, -0.15) is 10.4 Å². The minimum absolute atomic E-state index is 0. The number of hydrazine groups is 1. The Morgan fingerprint density at radius 1 is 1.18 bits per heavy atom. The van der Waals surface area contributed by atoms with Crippen molar-refractivity contribution < 1.29 is 28.2 Å². The van der Waals surface area contributed by atoms with Gasteiger partial charge in [-0.15, -0.1) is 0 Å². The summed E-state index contributed by atoms with van der Waals surface area (Å²) >= 11 is 0. The number of nitriles is 1. The Morgan fingerprint density at radius 2 is 1.73 bits per heavy atom. The van der Waals surface area contributed by atoms with E-state index >= 15 is 0 Å². The molecule has 0 unspecified atom stereocenters. The molecule has 0 amide bonds. The van der Waals surface area contributed by atoms with Gasteiger partial charge in [0.05, 0.1) is 0 Å². The van der Waals surface area contributed by atoms with Crippen molar-refractivity contribution in [3.05, 3.63) is 59.2 Å². The van der Waals surface area contributed by atoms with Crippen LogP contribution in [-0.4, -0.2) is 15.8 Å². The van der Waals surface area contributed by atoms with Crippen LogP contribution in [0.2, 0.25) is 0 Å². The van der Waals surface area contributed by atoms with Crippen molar-refractivity contribution in [1.29, 1.82) is 5.26 Å². The third kappa shape index (κ3) is 5.96. The van der Waals surface area contributed by atoms with Gasteiger partial charge in [0, 0.05) is 40.5 Å². The van der Waals surface area contributed by atoms with Crippen LogP contribution in [-0.2, 0) is 0 Å². The lowest BCUT2D eigenvalue weighted by Gasteiger charge is -2.00. The van der Waals surface area contributed by atoms with Gasteiger partial charge in [0.25, 0.3) is 0 Å². The van der Waals surface area contributed by atoms with Crippen LogP contribution in [0, 0.1) is 25.2 Å². The zero-order valence-electron chi connectivity index (χ0n) is 30.6. The van der Waals surface area contributed by atoms with Gasteiger partial charge in [-0.1, -0.05) is 12.1 Å². The smallest absolute Gasteiger partial charge is 0.169 e. The maximum Gasteiger partial charge on any atom is 0.169 e. The van der Waals surface area contributed by atoms with Crippen LogP contribution in [0.4, 0.5) is 0 Å². The molecule has 0 fully saturated rings. The van der Waals surface area contributed by atoms with Gasteiger partial charge in [0.2, 0.25) is 0 Å². The molecule has 0 aliphatic heterocycles. The summed E-state index contributed by atoms with van der Waals surface area (Å²) in [4.78, 5) is 7.85. The fourth-order valence-corrected chi connectivity index (χ4v) is 1.42. The molecule has 0 saturated carbocycles. The van der Waals surface area contributed by atoms with Crippen LogP contribution in [0.3, 0.4) is 0 Å². The van der Waals surface area contributed by atoms with E-state index in [-0.39, 0.29) is 7.26 Å². The van der Waals surface area contributed by atoms with Gasteiger partial charge in [-0.3, -0.25) is 16.7 Å². The number of nitrogens with two attached hydrogens (primary N) is 4. The molecule has 2 aromatic rings. The second kappa shape index (κ2) is 10.7. The van der Waals surface area contributed by atoms with E-state index < -0.39 is 0 Å². The third-order valence-electron chi connectivity index (χ3n) is 2.51. The van der Waals surface area contributed by atoms with Crippen LogP contribution in [0.15, 0.2) is 41.8 Å². The highest BCUT2D eigenvalue weighted by Gasteiger charge is 2.01. The van der Waals surface area contributed by atoms with Gasteiger partial charge < -0.3 is 11.6 Å². The molecule has 2 rings (SSSR count). The van der Waals surface area contributed by atoms with E-state index in [1.54, 1.807) is 12.4 Å². The van der Waals surface area contributed by atoms with Crippen LogP contribution in [0.25, 0.3) is 0 Å². The summed E-state index contributed by atoms with van der Waals surface area (Å²) < 4.78 is 90.0. The highest BCUT2D eigenvalue weighted by Crippen LogP contribution is 2.01. The lowest BCUT2D eigenvalue weighted by molar-refractivity contribution is 1.17. The number of amidine groups is 1. The number of aryl methyl sites for hydroxylation is 2. The van der Waals surface area contributed by atoms with Gasteiger partial charge in [0.1, 0.15) is 17.5 Å². The summed E-state index contributed by atoms with van der Waals surface area (Å²) in [6, 6.07) is 9.41. The molecule has 2 heterocycles. The molecule has 8 N–H and O–H groups in total. The second-order valence-electron chi connectivity index (χ2n) is 3.96. The quantitative estimate of drug-likeness (QED) is 0.263. The van der Waals surface area contributed by atoms with Crippen molar-refractivity contribution >= 4 is 5.84 Å². The first kappa shape index (κ1) is 8.43. The molecule has 0 radical (unpaired) electrons. The first-order chi connectivity index (χ1) is 19.6. The number of aromatic nitrogens is 2. The van der Waals surface area contributed by atoms with E-state index in [1.807, 2.05) is 44.2 Å². The average Bonchev–Trinajstić information content (AvgIpc) is 3.10. The Morgan fingerprint density at radius 3 is 2.14 bits per heavy atom. The van der Waals surface area contributed by atoms with Crippen molar-refractivity contribution in [2.24, 2.45) is 28.4 Å². The SMILES string of the molecule is Cc1cccnc1/C(N)=N/N.Cc1cccnc1C#N.NN.[3HH].[3H][3H].[3H][3H].[3H][3H].[3H][3H].[3H][3H].[3H][3H].[3H][3H].[3H][3H].[3H][3H]. The Labute approximate surface area is 158 Å². The summed E-state index contributed by atoms with van der Waals surface area (Å²) in [6.07, 6.45) is 3.27. The maximum atomic E-state index is 8.41. The molecule has 0 aromatic carbocycles. The number of hydrogen-bond donors (Lipinski definition) is 4. The lowest BCUT2D eigenvalue weighted by Crippen LogP contribution is -2.18. The summed E-state index contributed by atoms with van der Waals surface area (Å²) in [5, 5.41) is 11.8. The standard InChI is InChI=1S/C7H10N4.C7H6N2.H4N2.10H2/c1-5-3-2-4-10-6(5)7(8)11-9;1-6-3-2-4-9-7(6)5-8;1-2;;;;;;;;;;/h2-4H,9H2,1H3,(H2,8,11);2-4H,1H3;1-2H2;10*1H/i;;;9*1+2T;1+2. The summed E-state index contributed by atoms with van der Waals surface area (Å²) in [6.45, 7) is 3.77. The first-order valence-electron chi connectivity index (χ1n) is 15.2. The van der Waals surface area contributed by atoms with E-state index in [1.165, 1.54) is 0 Å². The van der Waals surface area contributed by atoms with Gasteiger partial charge >= 0.3 is 0 Å². The van der Waals surface area contributed by atoms with Crippen molar-refractivity contribution in [1.82, 2.24) is 9.97 Å². The van der Waals surface area contributed by atoms with Crippen molar-refractivity contribution in [2.45, 2.75) is 13.8 Å². The molecule has 0 aliphatic carbocycles. The molecule has 0 aliphatic rings. The Bertz CT molecular complexity index is 686. The number of hydrogen-bond acceptors (Lipinski definition) is 7. The molecule has 22 heavy (non-hydrogen) atoms. The molecular weight excluding hydrogens is 280 g/mol. The predicted molar refractivity (Wildman–Crippen MR) is 107 cm³/mol. The number of rotatable bonds is 1. The largest absolute Gasteiger partial charge is 0.380 e. The Kier molecular flexibility index (Phi) is 4.11. The van der Waals surface area contributed by atoms with E-state index in [2.05, 4.69) is 26.8 Å². The summed E-state index contributed by atoms with van der Waals surface area (Å²) in [7, 11) is 0. The molecule has 2 aromatic heterocycles. The Hall–Kier alpha value is -3.02. The van der Waals surface area contributed by atoms with Crippen LogP contribution in [0.5, 0.6) is 0 Å². The molecular formula is C14H40N8. The zero-order chi connectivity index (χ0) is 35.0. The fourth-order valence-electron chi connectivity index (χ4n) is 1.42. The molecule has 0 saturated heterocycles. The minimum Gasteiger partial charge on any atom is -0.380 e. The van der Waals surface area contributed by atoms with Crippen LogP contribution < -0.4 is 23.3 Å².